The second kappa shape index (κ2) is 8.35. The van der Waals surface area contributed by atoms with Crippen molar-refractivity contribution in [2.24, 2.45) is 0 Å². The molecule has 1 heterocycles. The minimum absolute atomic E-state index is 0.274. The maximum absolute atomic E-state index is 12.6. The van der Waals surface area contributed by atoms with E-state index >= 15 is 0 Å². The zero-order valence-corrected chi connectivity index (χ0v) is 17.2. The summed E-state index contributed by atoms with van der Waals surface area (Å²) in [5.74, 6) is -0.274. The highest BCUT2D eigenvalue weighted by Gasteiger charge is 2.17. The molecule has 1 aromatic heterocycles. The van der Waals surface area contributed by atoms with Gasteiger partial charge >= 0.3 is 0 Å². The van der Waals surface area contributed by atoms with E-state index in [-0.39, 0.29) is 5.91 Å². The fraction of sp³-hybridized carbons (Fsp3) is 0.250. The van der Waals surface area contributed by atoms with Gasteiger partial charge in [0.2, 0.25) is 0 Å². The number of halogens is 1. The van der Waals surface area contributed by atoms with Crippen molar-refractivity contribution < 1.29 is 4.79 Å². The molecule has 0 atom stereocenters. The van der Waals surface area contributed by atoms with Crippen molar-refractivity contribution >= 4 is 33.2 Å². The Balaban J connectivity index is 1.77. The fourth-order valence-corrected chi connectivity index (χ4v) is 3.31. The highest BCUT2D eigenvalue weighted by molar-refractivity contribution is 9.10. The Kier molecular flexibility index (Phi) is 5.91. The van der Waals surface area contributed by atoms with Crippen LogP contribution in [0.4, 0.5) is 11.4 Å². The molecule has 0 fully saturated rings. The molecule has 0 aliphatic heterocycles. The standard InChI is InChI=1S/C20H22BrN5O/c1-4-25(5-2)17-11-9-16(10-12-17)22-20(27)19-14(3)26(24-23-19)18-8-6-7-15(21)13-18/h6-13H,4-5H2,1-3H3,(H,22,27). The van der Waals surface area contributed by atoms with Gasteiger partial charge in [0, 0.05) is 28.9 Å². The van der Waals surface area contributed by atoms with Crippen molar-refractivity contribution in [3.05, 3.63) is 64.4 Å². The molecular formula is C20H22BrN5O. The average molecular weight is 428 g/mol. The molecule has 140 valence electrons. The molecule has 0 aliphatic carbocycles. The highest BCUT2D eigenvalue weighted by atomic mass is 79.9. The van der Waals surface area contributed by atoms with Crippen molar-refractivity contribution in [2.75, 3.05) is 23.3 Å². The molecule has 0 radical (unpaired) electrons. The average Bonchev–Trinajstić information content (AvgIpc) is 3.05. The van der Waals surface area contributed by atoms with Crippen LogP contribution in [0.2, 0.25) is 0 Å². The number of benzene rings is 2. The van der Waals surface area contributed by atoms with Gasteiger partial charge in [-0.15, -0.1) is 5.10 Å². The molecule has 2 aromatic carbocycles. The van der Waals surface area contributed by atoms with Gasteiger partial charge in [-0.2, -0.15) is 0 Å². The van der Waals surface area contributed by atoms with E-state index < -0.39 is 0 Å². The molecule has 0 bridgehead atoms. The lowest BCUT2D eigenvalue weighted by molar-refractivity contribution is 0.102. The zero-order chi connectivity index (χ0) is 19.4. The summed E-state index contributed by atoms with van der Waals surface area (Å²) in [4.78, 5) is 14.9. The molecule has 6 nitrogen and oxygen atoms in total. The Bertz CT molecular complexity index is 932. The summed E-state index contributed by atoms with van der Waals surface area (Å²) >= 11 is 3.45. The van der Waals surface area contributed by atoms with Crippen LogP contribution in [0.3, 0.4) is 0 Å². The maximum atomic E-state index is 12.6. The second-order valence-corrected chi connectivity index (χ2v) is 7.00. The Morgan fingerprint density at radius 1 is 1.15 bits per heavy atom. The molecule has 0 unspecified atom stereocenters. The first-order chi connectivity index (χ1) is 13.0. The first-order valence-electron chi connectivity index (χ1n) is 8.88. The minimum Gasteiger partial charge on any atom is -0.372 e. The molecule has 0 saturated heterocycles. The first-order valence-corrected chi connectivity index (χ1v) is 9.67. The third kappa shape index (κ3) is 4.19. The van der Waals surface area contributed by atoms with Crippen LogP contribution >= 0.6 is 15.9 Å². The predicted octanol–water partition coefficient (Wildman–Crippen LogP) is 4.44. The Morgan fingerprint density at radius 2 is 1.85 bits per heavy atom. The van der Waals surface area contributed by atoms with E-state index in [1.54, 1.807) is 4.68 Å². The number of nitrogens with zero attached hydrogens (tertiary/aromatic N) is 4. The molecule has 0 saturated carbocycles. The van der Waals surface area contributed by atoms with Crippen LogP contribution in [0.1, 0.15) is 30.0 Å². The molecule has 1 amide bonds. The van der Waals surface area contributed by atoms with Crippen molar-refractivity contribution in [3.8, 4) is 5.69 Å². The SMILES string of the molecule is CCN(CC)c1ccc(NC(=O)c2nnn(-c3cccc(Br)c3)c2C)cc1. The minimum atomic E-state index is -0.274. The van der Waals surface area contributed by atoms with Crippen molar-refractivity contribution in [2.45, 2.75) is 20.8 Å². The number of aromatic nitrogens is 3. The number of nitrogens with one attached hydrogen (secondary N) is 1. The van der Waals surface area contributed by atoms with Gasteiger partial charge in [-0.05, 0) is 63.2 Å². The number of hydrogen-bond donors (Lipinski definition) is 1. The Morgan fingerprint density at radius 3 is 2.48 bits per heavy atom. The van der Waals surface area contributed by atoms with Crippen LogP contribution in [-0.4, -0.2) is 34.0 Å². The molecule has 0 spiro atoms. The second-order valence-electron chi connectivity index (χ2n) is 6.09. The van der Waals surface area contributed by atoms with Crippen LogP contribution in [0, 0.1) is 6.92 Å². The topological polar surface area (TPSA) is 63.1 Å². The normalized spacial score (nSPS) is 10.7. The maximum Gasteiger partial charge on any atom is 0.278 e. The Labute approximate surface area is 167 Å². The van der Waals surface area contributed by atoms with E-state index in [2.05, 4.69) is 50.3 Å². The number of anilines is 2. The smallest absolute Gasteiger partial charge is 0.278 e. The fourth-order valence-electron chi connectivity index (χ4n) is 2.93. The third-order valence-electron chi connectivity index (χ3n) is 4.42. The van der Waals surface area contributed by atoms with Gasteiger partial charge in [0.05, 0.1) is 11.4 Å². The van der Waals surface area contributed by atoms with Gasteiger partial charge < -0.3 is 10.2 Å². The summed E-state index contributed by atoms with van der Waals surface area (Å²) in [5.41, 5.74) is 3.70. The molecule has 3 aromatic rings. The lowest BCUT2D eigenvalue weighted by atomic mass is 10.2. The van der Waals surface area contributed by atoms with E-state index in [4.69, 9.17) is 0 Å². The largest absolute Gasteiger partial charge is 0.372 e. The van der Waals surface area contributed by atoms with Gasteiger partial charge in [-0.3, -0.25) is 4.79 Å². The quantitative estimate of drug-likeness (QED) is 0.631. The first kappa shape index (κ1) is 19.1. The van der Waals surface area contributed by atoms with Gasteiger partial charge in [-0.1, -0.05) is 27.2 Å². The van der Waals surface area contributed by atoms with Crippen molar-refractivity contribution in [1.29, 1.82) is 0 Å². The number of carbonyl (C=O) groups is 1. The van der Waals surface area contributed by atoms with Crippen LogP contribution < -0.4 is 10.2 Å². The number of hydrogen-bond acceptors (Lipinski definition) is 4. The lowest BCUT2D eigenvalue weighted by Crippen LogP contribution is -2.21. The van der Waals surface area contributed by atoms with E-state index in [1.807, 2.05) is 55.5 Å². The number of amides is 1. The summed E-state index contributed by atoms with van der Waals surface area (Å²) in [6.07, 6.45) is 0. The molecule has 3 rings (SSSR count). The molecule has 7 heteroatoms. The number of carbonyl (C=O) groups excluding carboxylic acids is 1. The van der Waals surface area contributed by atoms with Crippen molar-refractivity contribution in [3.63, 3.8) is 0 Å². The predicted molar refractivity (Wildman–Crippen MR) is 112 cm³/mol. The van der Waals surface area contributed by atoms with Crippen LogP contribution in [0.15, 0.2) is 53.0 Å². The summed E-state index contributed by atoms with van der Waals surface area (Å²) in [6, 6.07) is 15.5. The van der Waals surface area contributed by atoms with E-state index in [1.165, 1.54) is 0 Å². The van der Waals surface area contributed by atoms with E-state index in [0.717, 1.165) is 34.6 Å². The van der Waals surface area contributed by atoms with Gasteiger partial charge in [0.15, 0.2) is 5.69 Å². The van der Waals surface area contributed by atoms with Crippen LogP contribution in [0.5, 0.6) is 0 Å². The number of rotatable bonds is 6. The van der Waals surface area contributed by atoms with Crippen molar-refractivity contribution in [1.82, 2.24) is 15.0 Å². The summed E-state index contributed by atoms with van der Waals surface area (Å²) < 4.78 is 2.59. The van der Waals surface area contributed by atoms with Crippen LogP contribution in [0.25, 0.3) is 5.69 Å². The molecule has 27 heavy (non-hydrogen) atoms. The third-order valence-corrected chi connectivity index (χ3v) is 4.91. The molecular weight excluding hydrogens is 406 g/mol. The molecule has 1 N–H and O–H groups in total. The zero-order valence-electron chi connectivity index (χ0n) is 15.6. The van der Waals surface area contributed by atoms with E-state index in [0.29, 0.717) is 11.4 Å². The van der Waals surface area contributed by atoms with Gasteiger partial charge in [-0.25, -0.2) is 4.68 Å². The highest BCUT2D eigenvalue weighted by Crippen LogP contribution is 2.20. The van der Waals surface area contributed by atoms with Gasteiger partial charge in [0.25, 0.3) is 5.91 Å². The monoisotopic (exact) mass is 427 g/mol. The molecule has 0 aliphatic rings. The summed E-state index contributed by atoms with van der Waals surface area (Å²) in [6.45, 7) is 7.96. The van der Waals surface area contributed by atoms with Crippen LogP contribution in [-0.2, 0) is 0 Å². The summed E-state index contributed by atoms with van der Waals surface area (Å²) in [7, 11) is 0. The Hall–Kier alpha value is -2.67. The summed E-state index contributed by atoms with van der Waals surface area (Å²) in [5, 5.41) is 11.1. The lowest BCUT2D eigenvalue weighted by Gasteiger charge is -2.21. The van der Waals surface area contributed by atoms with E-state index in [9.17, 15) is 4.79 Å². The van der Waals surface area contributed by atoms with Gasteiger partial charge in [0.1, 0.15) is 0 Å².